The molecule has 1 atom stereocenters. The zero-order valence-corrected chi connectivity index (χ0v) is 12.6. The summed E-state index contributed by atoms with van der Waals surface area (Å²) in [5.74, 6) is -6.35. The predicted octanol–water partition coefficient (Wildman–Crippen LogP) is 2.25. The maximum absolute atomic E-state index is 13.7. The van der Waals surface area contributed by atoms with Crippen molar-refractivity contribution in [1.29, 1.82) is 0 Å². The van der Waals surface area contributed by atoms with Crippen molar-refractivity contribution >= 4 is 35.1 Å². The standard InChI is InChI=1S/C14H14F2N4O4/c1-2-3-4-17-6-7-13(21)18-9-5-8(15)10(16)12(20(23)24)11(9)19-14(7)22/h5-7H,2-4H2,1H3,(H,18,21)(H,19,22). The van der Waals surface area contributed by atoms with Crippen LogP contribution < -0.4 is 10.6 Å². The van der Waals surface area contributed by atoms with Crippen molar-refractivity contribution in [3.63, 3.8) is 0 Å². The Bertz CT molecular complexity index is 736. The molecule has 2 amide bonds. The van der Waals surface area contributed by atoms with Crippen molar-refractivity contribution in [3.8, 4) is 0 Å². The van der Waals surface area contributed by atoms with E-state index in [1.54, 1.807) is 0 Å². The van der Waals surface area contributed by atoms with E-state index in [4.69, 9.17) is 0 Å². The lowest BCUT2D eigenvalue weighted by Gasteiger charge is -2.08. The number of nitrogens with zero attached hydrogens (tertiary/aromatic N) is 2. The fourth-order valence-electron chi connectivity index (χ4n) is 2.10. The number of rotatable bonds is 5. The van der Waals surface area contributed by atoms with E-state index in [1.165, 1.54) is 0 Å². The molecule has 10 heteroatoms. The predicted molar refractivity (Wildman–Crippen MR) is 82.0 cm³/mol. The van der Waals surface area contributed by atoms with Gasteiger partial charge in [0.25, 0.3) is 0 Å². The van der Waals surface area contributed by atoms with E-state index in [0.717, 1.165) is 19.1 Å². The molecule has 0 bridgehead atoms. The normalized spacial score (nSPS) is 17.2. The fraction of sp³-hybridized carbons (Fsp3) is 0.357. The zero-order chi connectivity index (χ0) is 17.9. The van der Waals surface area contributed by atoms with Crippen LogP contribution in [0.2, 0.25) is 0 Å². The third-order valence-corrected chi connectivity index (χ3v) is 3.34. The van der Waals surface area contributed by atoms with Gasteiger partial charge in [-0.05, 0) is 6.42 Å². The average Bonchev–Trinajstić information content (AvgIpc) is 2.61. The lowest BCUT2D eigenvalue weighted by molar-refractivity contribution is -0.386. The molecule has 0 aromatic heterocycles. The number of hydrogen-bond acceptors (Lipinski definition) is 5. The van der Waals surface area contributed by atoms with Crippen molar-refractivity contribution in [2.45, 2.75) is 19.8 Å². The molecule has 1 aliphatic rings. The van der Waals surface area contributed by atoms with E-state index >= 15 is 0 Å². The van der Waals surface area contributed by atoms with Crippen LogP contribution in [0.4, 0.5) is 25.8 Å². The molecular weight excluding hydrogens is 326 g/mol. The van der Waals surface area contributed by atoms with E-state index in [0.29, 0.717) is 12.6 Å². The summed E-state index contributed by atoms with van der Waals surface area (Å²) in [6.07, 6.45) is 2.75. The van der Waals surface area contributed by atoms with Crippen LogP contribution >= 0.6 is 0 Å². The van der Waals surface area contributed by atoms with Crippen LogP contribution in [0.25, 0.3) is 0 Å². The maximum atomic E-state index is 13.7. The Morgan fingerprint density at radius 1 is 1.33 bits per heavy atom. The van der Waals surface area contributed by atoms with Gasteiger partial charge in [0, 0.05) is 18.8 Å². The molecule has 0 fully saturated rings. The lowest BCUT2D eigenvalue weighted by atomic mass is 10.1. The van der Waals surface area contributed by atoms with Crippen LogP contribution in [0, 0.1) is 27.7 Å². The van der Waals surface area contributed by atoms with Crippen molar-refractivity contribution in [2.24, 2.45) is 10.9 Å². The average molecular weight is 340 g/mol. The Balaban J connectivity index is 2.41. The summed E-state index contributed by atoms with van der Waals surface area (Å²) < 4.78 is 27.2. The molecule has 1 aromatic rings. The first-order chi connectivity index (χ1) is 11.4. The SMILES string of the molecule is CCCCN=CC1C(=O)Nc2cc(F)c(F)c([N+](=O)[O-])c2NC1=O. The molecule has 0 radical (unpaired) electrons. The topological polar surface area (TPSA) is 114 Å². The molecule has 1 aliphatic heterocycles. The first kappa shape index (κ1) is 17.4. The molecule has 24 heavy (non-hydrogen) atoms. The third kappa shape index (κ3) is 3.36. The highest BCUT2D eigenvalue weighted by Crippen LogP contribution is 2.38. The fourth-order valence-corrected chi connectivity index (χ4v) is 2.10. The Labute approximate surface area is 135 Å². The first-order valence-electron chi connectivity index (χ1n) is 7.14. The first-order valence-corrected chi connectivity index (χ1v) is 7.14. The smallest absolute Gasteiger partial charge is 0.323 e. The second-order valence-corrected chi connectivity index (χ2v) is 5.07. The van der Waals surface area contributed by atoms with Gasteiger partial charge in [-0.25, -0.2) is 4.39 Å². The minimum Gasteiger partial charge on any atom is -0.323 e. The second-order valence-electron chi connectivity index (χ2n) is 5.07. The summed E-state index contributed by atoms with van der Waals surface area (Å²) >= 11 is 0. The van der Waals surface area contributed by atoms with Gasteiger partial charge in [0.1, 0.15) is 5.69 Å². The summed E-state index contributed by atoms with van der Waals surface area (Å²) in [7, 11) is 0. The molecule has 8 nitrogen and oxygen atoms in total. The van der Waals surface area contributed by atoms with Gasteiger partial charge < -0.3 is 10.6 Å². The highest BCUT2D eigenvalue weighted by molar-refractivity contribution is 6.24. The van der Waals surface area contributed by atoms with E-state index < -0.39 is 45.7 Å². The van der Waals surface area contributed by atoms with Crippen LogP contribution in [0.15, 0.2) is 11.1 Å². The molecule has 0 saturated carbocycles. The Hall–Kier alpha value is -2.91. The molecule has 2 rings (SSSR count). The summed E-state index contributed by atoms with van der Waals surface area (Å²) in [5.41, 5.74) is -2.23. The number of nitro benzene ring substituents is 1. The number of fused-ring (bicyclic) bond motifs is 1. The van der Waals surface area contributed by atoms with Crippen molar-refractivity contribution in [3.05, 3.63) is 27.8 Å². The molecule has 2 N–H and O–H groups in total. The number of benzene rings is 1. The number of anilines is 2. The minimum absolute atomic E-state index is 0.386. The molecule has 1 aromatic carbocycles. The molecule has 1 unspecified atom stereocenters. The van der Waals surface area contributed by atoms with Crippen LogP contribution in [0.3, 0.4) is 0 Å². The molecule has 128 valence electrons. The van der Waals surface area contributed by atoms with Gasteiger partial charge in [-0.1, -0.05) is 13.3 Å². The van der Waals surface area contributed by atoms with Gasteiger partial charge in [-0.2, -0.15) is 4.39 Å². The summed E-state index contributed by atoms with van der Waals surface area (Å²) in [4.78, 5) is 38.0. The molecule has 0 aliphatic carbocycles. The van der Waals surface area contributed by atoms with Gasteiger partial charge in [0.2, 0.25) is 17.6 Å². The molecule has 0 spiro atoms. The van der Waals surface area contributed by atoms with E-state index in [9.17, 15) is 28.5 Å². The van der Waals surface area contributed by atoms with Gasteiger partial charge >= 0.3 is 5.69 Å². The highest BCUT2D eigenvalue weighted by atomic mass is 19.2. The lowest BCUT2D eigenvalue weighted by Crippen LogP contribution is -2.32. The zero-order valence-electron chi connectivity index (χ0n) is 12.6. The maximum Gasteiger partial charge on any atom is 0.333 e. The summed E-state index contributed by atoms with van der Waals surface area (Å²) in [5, 5.41) is 15.3. The number of carbonyl (C=O) groups is 2. The molecule has 1 heterocycles. The molecule has 0 saturated heterocycles. The Kier molecular flexibility index (Phi) is 5.17. The number of amides is 2. The van der Waals surface area contributed by atoms with Gasteiger partial charge in [-0.15, -0.1) is 0 Å². The van der Waals surface area contributed by atoms with Crippen molar-refractivity contribution in [2.75, 3.05) is 17.2 Å². The Morgan fingerprint density at radius 2 is 2.00 bits per heavy atom. The number of hydrogen-bond donors (Lipinski definition) is 2. The van der Waals surface area contributed by atoms with Crippen LogP contribution in [-0.2, 0) is 9.59 Å². The van der Waals surface area contributed by atoms with Gasteiger partial charge in [-0.3, -0.25) is 24.7 Å². The Morgan fingerprint density at radius 3 is 2.62 bits per heavy atom. The number of unbranched alkanes of at least 4 members (excludes halogenated alkanes) is 1. The van der Waals surface area contributed by atoms with Crippen molar-refractivity contribution in [1.82, 2.24) is 0 Å². The number of carbonyl (C=O) groups excluding carboxylic acids is 2. The summed E-state index contributed by atoms with van der Waals surface area (Å²) in [6, 6.07) is 0.576. The number of halogens is 2. The number of nitrogens with one attached hydrogen (secondary N) is 2. The van der Waals surface area contributed by atoms with Crippen LogP contribution in [0.1, 0.15) is 19.8 Å². The number of nitro groups is 1. The highest BCUT2D eigenvalue weighted by Gasteiger charge is 2.36. The van der Waals surface area contributed by atoms with Gasteiger partial charge in [0.15, 0.2) is 11.7 Å². The van der Waals surface area contributed by atoms with Crippen LogP contribution in [0.5, 0.6) is 0 Å². The van der Waals surface area contributed by atoms with E-state index in [1.807, 2.05) is 6.92 Å². The number of aliphatic imine (C=N–C) groups is 1. The third-order valence-electron chi connectivity index (χ3n) is 3.34. The largest absolute Gasteiger partial charge is 0.333 e. The molecular formula is C14H14F2N4O4. The second kappa shape index (κ2) is 7.11. The van der Waals surface area contributed by atoms with Gasteiger partial charge in [0.05, 0.1) is 10.6 Å². The van der Waals surface area contributed by atoms with E-state index in [-0.39, 0.29) is 5.69 Å². The van der Waals surface area contributed by atoms with Crippen molar-refractivity contribution < 1.29 is 23.3 Å². The van der Waals surface area contributed by atoms with Crippen LogP contribution in [-0.4, -0.2) is 29.5 Å². The van der Waals surface area contributed by atoms with E-state index in [2.05, 4.69) is 15.6 Å². The summed E-state index contributed by atoms with van der Waals surface area (Å²) in [6.45, 7) is 2.35. The quantitative estimate of drug-likeness (QED) is 0.281. The monoisotopic (exact) mass is 340 g/mol. The minimum atomic E-state index is -1.72.